The van der Waals surface area contributed by atoms with E-state index in [-0.39, 0.29) is 17.9 Å². The Kier molecular flexibility index (Phi) is 4.83. The summed E-state index contributed by atoms with van der Waals surface area (Å²) in [5.74, 6) is 0.0982. The van der Waals surface area contributed by atoms with Crippen LogP contribution in [0.4, 0.5) is 0 Å². The van der Waals surface area contributed by atoms with Gasteiger partial charge in [-0.2, -0.15) is 5.10 Å². The summed E-state index contributed by atoms with van der Waals surface area (Å²) in [4.78, 5) is 12.3. The van der Waals surface area contributed by atoms with Gasteiger partial charge in [-0.05, 0) is 41.3 Å². The molecule has 0 saturated carbocycles. The Morgan fingerprint density at radius 1 is 1.24 bits per heavy atom. The minimum absolute atomic E-state index is 0.0656. The van der Waals surface area contributed by atoms with Crippen molar-refractivity contribution < 1.29 is 4.79 Å². The third-order valence-corrected chi connectivity index (χ3v) is 4.25. The minimum atomic E-state index is -0.182. The minimum Gasteiger partial charge on any atom is -0.344 e. The second-order valence-corrected chi connectivity index (χ2v) is 6.35. The fourth-order valence-electron chi connectivity index (χ4n) is 2.08. The Morgan fingerprint density at radius 2 is 1.86 bits per heavy atom. The first-order valence-corrected chi connectivity index (χ1v) is 7.80. The lowest BCUT2D eigenvalue weighted by molar-refractivity contribution is 0.0934. The van der Waals surface area contributed by atoms with E-state index in [0.29, 0.717) is 5.69 Å². The molecule has 1 unspecified atom stereocenters. The van der Waals surface area contributed by atoms with Crippen LogP contribution in [-0.2, 0) is 0 Å². The number of hydrogen-bond acceptors (Lipinski definition) is 2. The van der Waals surface area contributed by atoms with Gasteiger partial charge >= 0.3 is 0 Å². The number of carbonyl (C=O) groups is 1. The largest absolute Gasteiger partial charge is 0.344 e. The monoisotopic (exact) mass is 349 g/mol. The van der Waals surface area contributed by atoms with Gasteiger partial charge < -0.3 is 5.32 Å². The summed E-state index contributed by atoms with van der Waals surface area (Å²) in [6.45, 7) is 8.11. The van der Waals surface area contributed by atoms with E-state index < -0.39 is 0 Å². The van der Waals surface area contributed by atoms with Crippen molar-refractivity contribution in [1.29, 1.82) is 0 Å². The zero-order chi connectivity index (χ0) is 15.6. The van der Waals surface area contributed by atoms with Crippen LogP contribution >= 0.6 is 15.9 Å². The maximum atomic E-state index is 12.3. The van der Waals surface area contributed by atoms with E-state index in [1.807, 2.05) is 38.1 Å². The fourth-order valence-corrected chi connectivity index (χ4v) is 2.89. The molecule has 5 heteroatoms. The third-order valence-electron chi connectivity index (χ3n) is 3.45. The summed E-state index contributed by atoms with van der Waals surface area (Å²) in [6, 6.07) is 8.07. The molecule has 112 valence electrons. The zero-order valence-electron chi connectivity index (χ0n) is 12.7. The number of aromatic nitrogens is 2. The number of carbonyl (C=O) groups excluding carboxylic acids is 1. The number of H-pyrrole nitrogens is 1. The van der Waals surface area contributed by atoms with Crippen molar-refractivity contribution in [1.82, 2.24) is 15.5 Å². The van der Waals surface area contributed by atoms with Gasteiger partial charge in [0.15, 0.2) is 5.69 Å². The van der Waals surface area contributed by atoms with Crippen LogP contribution < -0.4 is 5.32 Å². The molecular weight excluding hydrogens is 330 g/mol. The van der Waals surface area contributed by atoms with Crippen LogP contribution in [0.15, 0.2) is 28.7 Å². The molecule has 0 radical (unpaired) electrons. The molecule has 1 atom stereocenters. The number of aryl methyl sites for hydroxylation is 1. The zero-order valence-corrected chi connectivity index (χ0v) is 14.3. The van der Waals surface area contributed by atoms with Crippen LogP contribution in [0.3, 0.4) is 0 Å². The average Bonchev–Trinajstić information content (AvgIpc) is 2.81. The van der Waals surface area contributed by atoms with Crippen molar-refractivity contribution in [3.63, 3.8) is 0 Å². The van der Waals surface area contributed by atoms with Crippen molar-refractivity contribution in [2.24, 2.45) is 0 Å². The van der Waals surface area contributed by atoms with Crippen molar-refractivity contribution in [2.45, 2.75) is 39.7 Å². The third kappa shape index (κ3) is 3.53. The normalized spacial score (nSPS) is 12.5. The number of rotatable bonds is 4. The number of nitrogens with one attached hydrogen (secondary N) is 2. The van der Waals surface area contributed by atoms with Crippen LogP contribution in [0.5, 0.6) is 0 Å². The lowest BCUT2D eigenvalue weighted by atomic mass is 10.1. The molecule has 1 aromatic heterocycles. The van der Waals surface area contributed by atoms with Gasteiger partial charge in [0.2, 0.25) is 0 Å². The van der Waals surface area contributed by atoms with Gasteiger partial charge in [-0.25, -0.2) is 0 Å². The van der Waals surface area contributed by atoms with Gasteiger partial charge in [0.05, 0.1) is 16.2 Å². The molecule has 1 heterocycles. The second kappa shape index (κ2) is 6.43. The first-order valence-electron chi connectivity index (χ1n) is 7.01. The van der Waals surface area contributed by atoms with E-state index in [1.54, 1.807) is 0 Å². The molecule has 2 N–H and O–H groups in total. The maximum absolute atomic E-state index is 12.3. The lowest BCUT2D eigenvalue weighted by Crippen LogP contribution is -2.27. The fraction of sp³-hybridized carbons (Fsp3) is 0.375. The van der Waals surface area contributed by atoms with Crippen molar-refractivity contribution in [3.05, 3.63) is 51.3 Å². The van der Waals surface area contributed by atoms with Gasteiger partial charge in [-0.3, -0.25) is 9.89 Å². The summed E-state index contributed by atoms with van der Waals surface area (Å²) in [5.41, 5.74) is 3.61. The van der Waals surface area contributed by atoms with E-state index in [0.717, 1.165) is 15.7 Å². The quantitative estimate of drug-likeness (QED) is 0.872. The first-order chi connectivity index (χ1) is 9.90. The molecule has 0 aliphatic carbocycles. The van der Waals surface area contributed by atoms with Crippen molar-refractivity contribution in [2.75, 3.05) is 0 Å². The molecule has 0 bridgehead atoms. The maximum Gasteiger partial charge on any atom is 0.273 e. The number of amides is 1. The molecule has 2 rings (SSSR count). The standard InChI is InChI=1S/C16H20BrN3O/c1-9(2)14-13(17)15(20-19-14)16(21)18-11(4)12-7-5-10(3)6-8-12/h5-9,11H,1-4H3,(H,18,21)(H,19,20). The summed E-state index contributed by atoms with van der Waals surface area (Å²) in [7, 11) is 0. The highest BCUT2D eigenvalue weighted by molar-refractivity contribution is 9.10. The predicted molar refractivity (Wildman–Crippen MR) is 87.4 cm³/mol. The topological polar surface area (TPSA) is 57.8 Å². The Hall–Kier alpha value is -1.62. The van der Waals surface area contributed by atoms with Gasteiger partial charge in [-0.1, -0.05) is 43.7 Å². The van der Waals surface area contributed by atoms with Crippen molar-refractivity contribution >= 4 is 21.8 Å². The van der Waals surface area contributed by atoms with Crippen LogP contribution in [0.2, 0.25) is 0 Å². The Bertz CT molecular complexity index is 631. The molecule has 0 saturated heterocycles. The van der Waals surface area contributed by atoms with E-state index >= 15 is 0 Å². The highest BCUT2D eigenvalue weighted by atomic mass is 79.9. The molecule has 21 heavy (non-hydrogen) atoms. The van der Waals surface area contributed by atoms with Crippen LogP contribution in [-0.4, -0.2) is 16.1 Å². The van der Waals surface area contributed by atoms with Gasteiger partial charge in [-0.15, -0.1) is 0 Å². The molecule has 0 spiro atoms. The molecule has 2 aromatic rings. The van der Waals surface area contributed by atoms with Crippen LogP contribution in [0, 0.1) is 6.92 Å². The summed E-state index contributed by atoms with van der Waals surface area (Å²) in [5, 5.41) is 10.0. The number of nitrogens with zero attached hydrogens (tertiary/aromatic N) is 1. The molecule has 0 fully saturated rings. The molecule has 1 amide bonds. The molecule has 1 aromatic carbocycles. The van der Waals surface area contributed by atoms with E-state index in [9.17, 15) is 4.79 Å². The van der Waals surface area contributed by atoms with Gasteiger partial charge in [0, 0.05) is 0 Å². The van der Waals surface area contributed by atoms with E-state index in [4.69, 9.17) is 0 Å². The highest BCUT2D eigenvalue weighted by Crippen LogP contribution is 2.26. The Labute approximate surface area is 133 Å². The Morgan fingerprint density at radius 3 is 2.38 bits per heavy atom. The van der Waals surface area contributed by atoms with Crippen LogP contribution in [0.1, 0.15) is 60.0 Å². The van der Waals surface area contributed by atoms with Crippen molar-refractivity contribution in [3.8, 4) is 0 Å². The Balaban J connectivity index is 2.12. The summed E-state index contributed by atoms with van der Waals surface area (Å²) >= 11 is 3.45. The second-order valence-electron chi connectivity index (χ2n) is 5.56. The SMILES string of the molecule is Cc1ccc(C(C)NC(=O)c2n[nH]c(C(C)C)c2Br)cc1. The van der Waals surface area contributed by atoms with Gasteiger partial charge in [0.1, 0.15) is 0 Å². The predicted octanol–water partition coefficient (Wildman–Crippen LogP) is 4.10. The van der Waals surface area contributed by atoms with Gasteiger partial charge in [0.25, 0.3) is 5.91 Å². The van der Waals surface area contributed by atoms with E-state index in [2.05, 4.69) is 45.3 Å². The molecule has 0 aliphatic rings. The average molecular weight is 350 g/mol. The molecule has 0 aliphatic heterocycles. The number of hydrogen-bond donors (Lipinski definition) is 2. The highest BCUT2D eigenvalue weighted by Gasteiger charge is 2.20. The lowest BCUT2D eigenvalue weighted by Gasteiger charge is -2.14. The molecular formula is C16H20BrN3O. The summed E-state index contributed by atoms with van der Waals surface area (Å²) in [6.07, 6.45) is 0. The first kappa shape index (κ1) is 15.8. The number of halogens is 1. The molecule has 4 nitrogen and oxygen atoms in total. The number of aromatic amines is 1. The number of benzene rings is 1. The van der Waals surface area contributed by atoms with Crippen LogP contribution in [0.25, 0.3) is 0 Å². The smallest absolute Gasteiger partial charge is 0.273 e. The van der Waals surface area contributed by atoms with E-state index in [1.165, 1.54) is 5.56 Å². The summed E-state index contributed by atoms with van der Waals surface area (Å²) < 4.78 is 0.742.